The van der Waals surface area contributed by atoms with E-state index in [1.54, 1.807) is 44.6 Å². The predicted molar refractivity (Wildman–Crippen MR) is 109 cm³/mol. The number of aromatic nitrogens is 2. The van der Waals surface area contributed by atoms with Gasteiger partial charge in [-0.15, -0.1) is 10.2 Å². The van der Waals surface area contributed by atoms with Crippen LogP contribution in [0.2, 0.25) is 0 Å². The van der Waals surface area contributed by atoms with Crippen molar-refractivity contribution in [2.24, 2.45) is 0 Å². The quantitative estimate of drug-likeness (QED) is 0.671. The van der Waals surface area contributed by atoms with Crippen molar-refractivity contribution in [1.29, 1.82) is 0 Å². The summed E-state index contributed by atoms with van der Waals surface area (Å²) in [6.07, 6.45) is 0. The van der Waals surface area contributed by atoms with Crippen LogP contribution in [0.5, 0.6) is 11.5 Å². The Morgan fingerprint density at radius 1 is 0.929 bits per heavy atom. The number of rotatable bonds is 6. The molecule has 3 rings (SSSR count). The first-order valence-corrected chi connectivity index (χ1v) is 8.72. The number of carbonyl (C=O) groups excluding carboxylic acids is 1. The fourth-order valence-electron chi connectivity index (χ4n) is 2.76. The van der Waals surface area contributed by atoms with E-state index in [0.717, 1.165) is 16.8 Å². The zero-order valence-corrected chi connectivity index (χ0v) is 16.2. The summed E-state index contributed by atoms with van der Waals surface area (Å²) in [5.74, 6) is 1.49. The maximum absolute atomic E-state index is 12.5. The molecule has 2 N–H and O–H groups in total. The van der Waals surface area contributed by atoms with Crippen molar-refractivity contribution in [1.82, 2.24) is 10.2 Å². The van der Waals surface area contributed by atoms with E-state index in [4.69, 9.17) is 9.47 Å². The Hall–Kier alpha value is -3.61. The van der Waals surface area contributed by atoms with Gasteiger partial charge in [-0.25, -0.2) is 0 Å². The zero-order chi connectivity index (χ0) is 20.1. The molecule has 0 bridgehead atoms. The summed E-state index contributed by atoms with van der Waals surface area (Å²) >= 11 is 0. The number of para-hydroxylation sites is 1. The van der Waals surface area contributed by atoms with Crippen molar-refractivity contribution in [2.75, 3.05) is 24.9 Å². The van der Waals surface area contributed by atoms with Gasteiger partial charge in [-0.2, -0.15) is 0 Å². The number of carbonyl (C=O) groups is 1. The van der Waals surface area contributed by atoms with Gasteiger partial charge >= 0.3 is 0 Å². The minimum absolute atomic E-state index is 0.228. The number of methoxy groups -OCH3 is 2. The van der Waals surface area contributed by atoms with Crippen molar-refractivity contribution < 1.29 is 14.3 Å². The van der Waals surface area contributed by atoms with Crippen LogP contribution in [-0.4, -0.2) is 30.3 Å². The van der Waals surface area contributed by atoms with Crippen molar-refractivity contribution >= 4 is 23.1 Å². The van der Waals surface area contributed by atoms with E-state index in [0.29, 0.717) is 23.0 Å². The molecule has 1 heterocycles. The van der Waals surface area contributed by atoms with Gasteiger partial charge in [-0.3, -0.25) is 4.79 Å². The monoisotopic (exact) mass is 378 g/mol. The number of ether oxygens (including phenoxy) is 2. The number of nitrogens with zero attached hydrogens (tertiary/aromatic N) is 2. The highest BCUT2D eigenvalue weighted by molar-refractivity contribution is 6.03. The van der Waals surface area contributed by atoms with Crippen molar-refractivity contribution in [3.63, 3.8) is 0 Å². The number of benzene rings is 2. The fraction of sp³-hybridized carbons (Fsp3) is 0.190. The fourth-order valence-corrected chi connectivity index (χ4v) is 2.76. The molecule has 1 amide bonds. The molecule has 3 aromatic rings. The lowest BCUT2D eigenvalue weighted by atomic mass is 10.1. The van der Waals surface area contributed by atoms with Crippen LogP contribution in [0.15, 0.2) is 48.5 Å². The highest BCUT2D eigenvalue weighted by Crippen LogP contribution is 2.30. The molecule has 0 fully saturated rings. The second kappa shape index (κ2) is 8.39. The summed E-state index contributed by atoms with van der Waals surface area (Å²) in [7, 11) is 3.18. The van der Waals surface area contributed by atoms with E-state index in [2.05, 4.69) is 20.8 Å². The van der Waals surface area contributed by atoms with E-state index in [9.17, 15) is 4.79 Å². The normalized spacial score (nSPS) is 10.3. The van der Waals surface area contributed by atoms with Crippen LogP contribution in [0.25, 0.3) is 0 Å². The Bertz CT molecular complexity index is 967. The van der Waals surface area contributed by atoms with Crippen LogP contribution < -0.4 is 20.1 Å². The molecule has 0 saturated heterocycles. The Kier molecular flexibility index (Phi) is 5.74. The van der Waals surface area contributed by atoms with Crippen molar-refractivity contribution in [2.45, 2.75) is 13.8 Å². The molecule has 0 aliphatic carbocycles. The molecule has 0 atom stereocenters. The Morgan fingerprint density at radius 2 is 1.68 bits per heavy atom. The van der Waals surface area contributed by atoms with Gasteiger partial charge in [-0.05, 0) is 49.2 Å². The molecule has 7 heteroatoms. The third kappa shape index (κ3) is 4.20. The molecule has 0 unspecified atom stereocenters. The van der Waals surface area contributed by atoms with Gasteiger partial charge < -0.3 is 20.1 Å². The zero-order valence-electron chi connectivity index (χ0n) is 16.2. The second-order valence-corrected chi connectivity index (χ2v) is 6.22. The lowest BCUT2D eigenvalue weighted by Gasteiger charge is -2.12. The summed E-state index contributed by atoms with van der Waals surface area (Å²) < 4.78 is 10.6. The minimum Gasteiger partial charge on any atom is -0.497 e. The van der Waals surface area contributed by atoms with Crippen LogP contribution in [0.4, 0.5) is 17.2 Å². The average Bonchev–Trinajstić information content (AvgIpc) is 2.71. The number of anilines is 3. The first-order valence-electron chi connectivity index (χ1n) is 8.72. The smallest absolute Gasteiger partial charge is 0.276 e. The lowest BCUT2D eigenvalue weighted by molar-refractivity contribution is 0.102. The molecule has 0 radical (unpaired) electrons. The highest BCUT2D eigenvalue weighted by Gasteiger charge is 2.12. The van der Waals surface area contributed by atoms with Gasteiger partial charge in [0.25, 0.3) is 5.91 Å². The van der Waals surface area contributed by atoms with Crippen LogP contribution in [-0.2, 0) is 0 Å². The van der Waals surface area contributed by atoms with Gasteiger partial charge in [0.05, 0.1) is 19.9 Å². The van der Waals surface area contributed by atoms with Gasteiger partial charge in [0.1, 0.15) is 11.5 Å². The molecule has 1 aromatic heterocycles. The first kappa shape index (κ1) is 19.2. The highest BCUT2D eigenvalue weighted by atomic mass is 16.5. The van der Waals surface area contributed by atoms with E-state index in [-0.39, 0.29) is 11.6 Å². The predicted octanol–water partition coefficient (Wildman–Crippen LogP) is 4.11. The summed E-state index contributed by atoms with van der Waals surface area (Å²) in [5.41, 5.74) is 3.68. The SMILES string of the molecule is COc1ccc(OC)c(Nc2ccc(C(=O)Nc3c(C)cccc3C)nn2)c1. The molecule has 0 saturated carbocycles. The van der Waals surface area contributed by atoms with Crippen LogP contribution in [0, 0.1) is 13.8 Å². The van der Waals surface area contributed by atoms with Gasteiger partial charge in [0, 0.05) is 11.8 Å². The number of hydrogen-bond donors (Lipinski definition) is 2. The maximum Gasteiger partial charge on any atom is 0.276 e. The van der Waals surface area contributed by atoms with E-state index in [1.807, 2.05) is 32.0 Å². The molecule has 2 aromatic carbocycles. The lowest BCUT2D eigenvalue weighted by Crippen LogP contribution is -2.16. The van der Waals surface area contributed by atoms with Gasteiger partial charge in [0.2, 0.25) is 0 Å². The van der Waals surface area contributed by atoms with Crippen LogP contribution >= 0.6 is 0 Å². The molecule has 28 heavy (non-hydrogen) atoms. The van der Waals surface area contributed by atoms with Crippen LogP contribution in [0.3, 0.4) is 0 Å². The molecule has 144 valence electrons. The summed E-state index contributed by atoms with van der Waals surface area (Å²) in [4.78, 5) is 12.5. The number of aryl methyl sites for hydroxylation is 2. The van der Waals surface area contributed by atoms with E-state index in [1.165, 1.54) is 0 Å². The summed E-state index contributed by atoms with van der Waals surface area (Å²) in [6, 6.07) is 14.5. The molecular formula is C21H22N4O3. The van der Waals surface area contributed by atoms with E-state index >= 15 is 0 Å². The van der Waals surface area contributed by atoms with Crippen LogP contribution in [0.1, 0.15) is 21.6 Å². The van der Waals surface area contributed by atoms with Gasteiger partial charge in [-0.1, -0.05) is 18.2 Å². The standard InChI is InChI=1S/C21H22N4O3/c1-13-6-5-7-14(2)20(13)23-21(26)16-9-11-19(25-24-16)22-17-12-15(27-3)8-10-18(17)28-4/h5-12H,1-4H3,(H,22,25)(H,23,26). The number of nitrogens with one attached hydrogen (secondary N) is 2. The van der Waals surface area contributed by atoms with Crippen molar-refractivity contribution in [3.05, 3.63) is 65.4 Å². The maximum atomic E-state index is 12.5. The van der Waals surface area contributed by atoms with E-state index < -0.39 is 0 Å². The largest absolute Gasteiger partial charge is 0.497 e. The number of hydrogen-bond acceptors (Lipinski definition) is 6. The third-order valence-electron chi connectivity index (χ3n) is 4.29. The number of amides is 1. The molecule has 0 aliphatic heterocycles. The molecule has 0 aliphatic rings. The Morgan fingerprint density at radius 3 is 2.29 bits per heavy atom. The average molecular weight is 378 g/mol. The molecular weight excluding hydrogens is 356 g/mol. The molecule has 0 spiro atoms. The topological polar surface area (TPSA) is 85.4 Å². The minimum atomic E-state index is -0.310. The third-order valence-corrected chi connectivity index (χ3v) is 4.29. The Labute approximate surface area is 163 Å². The summed E-state index contributed by atoms with van der Waals surface area (Å²) in [5, 5.41) is 14.1. The van der Waals surface area contributed by atoms with Crippen molar-refractivity contribution in [3.8, 4) is 11.5 Å². The van der Waals surface area contributed by atoms with Gasteiger partial charge in [0.15, 0.2) is 11.5 Å². The first-order chi connectivity index (χ1) is 13.5. The molecule has 7 nitrogen and oxygen atoms in total. The summed E-state index contributed by atoms with van der Waals surface area (Å²) in [6.45, 7) is 3.89. The second-order valence-electron chi connectivity index (χ2n) is 6.22. The Balaban J connectivity index is 1.76.